The van der Waals surface area contributed by atoms with Crippen LogP contribution in [0.1, 0.15) is 19.3 Å². The minimum atomic E-state index is -0.840. The number of carbonyl (C=O) groups is 2. The third-order valence-corrected chi connectivity index (χ3v) is 3.81. The molecule has 0 aromatic heterocycles. The molecule has 2 N–H and O–H groups in total. The first-order valence-corrected chi connectivity index (χ1v) is 7.79. The van der Waals surface area contributed by atoms with Gasteiger partial charge >= 0.3 is 12.0 Å². The molecule has 0 aliphatic carbocycles. The lowest BCUT2D eigenvalue weighted by Gasteiger charge is -2.30. The van der Waals surface area contributed by atoms with Gasteiger partial charge in [0.05, 0.1) is 5.92 Å². The number of likely N-dealkylation sites (tertiary alicyclic amines) is 1. The molecule has 1 heterocycles. The highest BCUT2D eigenvalue weighted by molar-refractivity contribution is 7.84. The lowest BCUT2D eigenvalue weighted by atomic mass is 9.99. The van der Waals surface area contributed by atoms with Crippen LogP contribution < -0.4 is 5.32 Å². The van der Waals surface area contributed by atoms with Crippen LogP contribution in [-0.2, 0) is 15.6 Å². The third kappa shape index (κ3) is 5.03. The average molecular weight is 276 g/mol. The Bertz CT molecular complexity index is 335. The monoisotopic (exact) mass is 276 g/mol. The van der Waals surface area contributed by atoms with Crippen molar-refractivity contribution in [1.29, 1.82) is 0 Å². The van der Waals surface area contributed by atoms with Crippen LogP contribution in [0.5, 0.6) is 0 Å². The number of nitrogens with zero attached hydrogens (tertiary/aromatic N) is 1. The summed E-state index contributed by atoms with van der Waals surface area (Å²) in [5.41, 5.74) is 0. The Balaban J connectivity index is 2.28. The summed E-state index contributed by atoms with van der Waals surface area (Å²) >= 11 is 0. The molecule has 0 spiro atoms. The average Bonchev–Trinajstić information content (AvgIpc) is 2.34. The highest BCUT2D eigenvalue weighted by Crippen LogP contribution is 2.16. The topological polar surface area (TPSA) is 86.7 Å². The third-order valence-electron chi connectivity index (χ3n) is 2.94. The fourth-order valence-corrected chi connectivity index (χ4v) is 2.50. The molecule has 7 heteroatoms. The Morgan fingerprint density at radius 3 is 2.83 bits per heavy atom. The number of hydrogen-bond acceptors (Lipinski definition) is 3. The van der Waals surface area contributed by atoms with Gasteiger partial charge in [0, 0.05) is 42.4 Å². The van der Waals surface area contributed by atoms with Gasteiger partial charge in [-0.15, -0.1) is 0 Å². The molecular formula is C11H20N2O4S. The fourth-order valence-electron chi connectivity index (χ4n) is 1.95. The molecule has 2 atom stereocenters. The van der Waals surface area contributed by atoms with Gasteiger partial charge in [-0.25, -0.2) is 4.79 Å². The smallest absolute Gasteiger partial charge is 0.317 e. The van der Waals surface area contributed by atoms with Crippen LogP contribution >= 0.6 is 0 Å². The molecule has 1 fully saturated rings. The van der Waals surface area contributed by atoms with Crippen LogP contribution in [-0.4, -0.2) is 57.9 Å². The van der Waals surface area contributed by atoms with Gasteiger partial charge in [0.15, 0.2) is 0 Å². The van der Waals surface area contributed by atoms with Gasteiger partial charge in [-0.05, 0) is 19.3 Å². The number of amides is 2. The number of carboxylic acid groups (broad SMARTS) is 1. The van der Waals surface area contributed by atoms with Gasteiger partial charge in [-0.2, -0.15) is 0 Å². The van der Waals surface area contributed by atoms with E-state index in [0.29, 0.717) is 31.7 Å². The van der Waals surface area contributed by atoms with Crippen molar-refractivity contribution in [1.82, 2.24) is 10.2 Å². The van der Waals surface area contributed by atoms with E-state index < -0.39 is 22.7 Å². The van der Waals surface area contributed by atoms with E-state index in [2.05, 4.69) is 5.32 Å². The first-order chi connectivity index (χ1) is 8.50. The van der Waals surface area contributed by atoms with Crippen molar-refractivity contribution < 1.29 is 18.9 Å². The molecule has 18 heavy (non-hydrogen) atoms. The van der Waals surface area contributed by atoms with Crippen LogP contribution in [0.25, 0.3) is 0 Å². The maximum absolute atomic E-state index is 11.8. The van der Waals surface area contributed by atoms with Gasteiger partial charge in [-0.1, -0.05) is 0 Å². The molecule has 2 amide bonds. The summed E-state index contributed by atoms with van der Waals surface area (Å²) in [5.74, 6) is -0.723. The van der Waals surface area contributed by atoms with Gasteiger partial charge in [0.25, 0.3) is 0 Å². The summed E-state index contributed by atoms with van der Waals surface area (Å²) in [5, 5.41) is 11.6. The number of carboxylic acids is 1. The van der Waals surface area contributed by atoms with Crippen LogP contribution in [0.15, 0.2) is 0 Å². The molecular weight excluding hydrogens is 256 g/mol. The second kappa shape index (κ2) is 7.35. The van der Waals surface area contributed by atoms with Crippen molar-refractivity contribution in [3.8, 4) is 0 Å². The molecule has 0 saturated carbocycles. The molecule has 0 bridgehead atoms. The number of hydrogen-bond donors (Lipinski definition) is 2. The Kier molecular flexibility index (Phi) is 6.11. The predicted molar refractivity (Wildman–Crippen MR) is 68.9 cm³/mol. The minimum Gasteiger partial charge on any atom is -0.481 e. The summed E-state index contributed by atoms with van der Waals surface area (Å²) in [6, 6.07) is -0.220. The van der Waals surface area contributed by atoms with Gasteiger partial charge in [0.1, 0.15) is 0 Å². The zero-order valence-corrected chi connectivity index (χ0v) is 11.4. The summed E-state index contributed by atoms with van der Waals surface area (Å²) in [7, 11) is -0.840. The molecule has 6 nitrogen and oxygen atoms in total. The minimum absolute atomic E-state index is 0.220. The van der Waals surface area contributed by atoms with E-state index in [9.17, 15) is 13.8 Å². The van der Waals surface area contributed by atoms with E-state index >= 15 is 0 Å². The van der Waals surface area contributed by atoms with Crippen LogP contribution in [0.2, 0.25) is 0 Å². The molecule has 1 aliphatic heterocycles. The van der Waals surface area contributed by atoms with E-state index in [4.69, 9.17) is 5.11 Å². The van der Waals surface area contributed by atoms with E-state index in [-0.39, 0.29) is 12.6 Å². The van der Waals surface area contributed by atoms with Gasteiger partial charge in [0.2, 0.25) is 0 Å². The summed E-state index contributed by atoms with van der Waals surface area (Å²) in [6.07, 6.45) is 3.66. The lowest BCUT2D eigenvalue weighted by Crippen LogP contribution is -2.47. The maximum Gasteiger partial charge on any atom is 0.317 e. The summed E-state index contributed by atoms with van der Waals surface area (Å²) in [6.45, 7) is 1.36. The Morgan fingerprint density at radius 1 is 1.50 bits per heavy atom. The number of aliphatic carboxylic acids is 1. The van der Waals surface area contributed by atoms with E-state index in [1.165, 1.54) is 0 Å². The highest BCUT2D eigenvalue weighted by Gasteiger charge is 2.27. The second-order valence-corrected chi connectivity index (χ2v) is 6.04. The first-order valence-electron chi connectivity index (χ1n) is 6.06. The molecule has 1 saturated heterocycles. The summed E-state index contributed by atoms with van der Waals surface area (Å²) in [4.78, 5) is 24.2. The Labute approximate surface area is 109 Å². The van der Waals surface area contributed by atoms with Crippen molar-refractivity contribution in [3.63, 3.8) is 0 Å². The fraction of sp³-hybridized carbons (Fsp3) is 0.818. The van der Waals surface area contributed by atoms with Crippen LogP contribution in [0, 0.1) is 5.92 Å². The summed E-state index contributed by atoms with van der Waals surface area (Å²) < 4.78 is 10.8. The predicted octanol–water partition coefficient (Wildman–Crippen LogP) is 0.261. The maximum atomic E-state index is 11.8. The lowest BCUT2D eigenvalue weighted by molar-refractivity contribution is -0.143. The molecule has 1 rings (SSSR count). The van der Waals surface area contributed by atoms with Crippen molar-refractivity contribution in [2.24, 2.45) is 5.92 Å². The van der Waals surface area contributed by atoms with Gasteiger partial charge < -0.3 is 15.3 Å². The van der Waals surface area contributed by atoms with Crippen molar-refractivity contribution in [2.45, 2.75) is 19.3 Å². The van der Waals surface area contributed by atoms with Gasteiger partial charge in [-0.3, -0.25) is 9.00 Å². The van der Waals surface area contributed by atoms with Crippen LogP contribution in [0.3, 0.4) is 0 Å². The van der Waals surface area contributed by atoms with Crippen LogP contribution in [0.4, 0.5) is 4.79 Å². The van der Waals surface area contributed by atoms with E-state index in [1.54, 1.807) is 11.2 Å². The van der Waals surface area contributed by atoms with Crippen molar-refractivity contribution in [2.75, 3.05) is 31.6 Å². The Hall–Kier alpha value is -1.11. The van der Waals surface area contributed by atoms with Crippen molar-refractivity contribution in [3.05, 3.63) is 0 Å². The second-order valence-electron chi connectivity index (χ2n) is 4.49. The normalized spacial score (nSPS) is 21.4. The molecule has 0 aromatic rings. The van der Waals surface area contributed by atoms with E-state index in [1.807, 2.05) is 0 Å². The molecule has 104 valence electrons. The Morgan fingerprint density at radius 2 is 2.22 bits per heavy atom. The first kappa shape index (κ1) is 14.9. The zero-order chi connectivity index (χ0) is 13.5. The number of urea groups is 1. The number of carbonyl (C=O) groups excluding carboxylic acids is 1. The SMILES string of the molecule is CS(=O)CCCNC(=O)N1CCC[C@@H](C(=O)O)C1. The zero-order valence-electron chi connectivity index (χ0n) is 10.6. The highest BCUT2D eigenvalue weighted by atomic mass is 32.2. The molecule has 0 radical (unpaired) electrons. The molecule has 1 aliphatic rings. The number of nitrogens with one attached hydrogen (secondary N) is 1. The number of rotatable bonds is 5. The molecule has 1 unspecified atom stereocenters. The van der Waals surface area contributed by atoms with E-state index in [0.717, 1.165) is 6.42 Å². The number of piperidine rings is 1. The van der Waals surface area contributed by atoms with Crippen molar-refractivity contribution >= 4 is 22.8 Å². The standard InChI is InChI=1S/C11H20N2O4S/c1-18(17)7-3-5-12-11(16)13-6-2-4-9(8-13)10(14)15/h9H,2-8H2,1H3,(H,12,16)(H,14,15)/t9-,18?/m1/s1. The quantitative estimate of drug-likeness (QED) is 0.705. The molecule has 0 aromatic carbocycles. The largest absolute Gasteiger partial charge is 0.481 e.